The smallest absolute Gasteiger partial charge is 0.279 e. The van der Waals surface area contributed by atoms with Crippen LogP contribution in [0.1, 0.15) is 0 Å². The Morgan fingerprint density at radius 3 is 2.46 bits per heavy atom. The number of rotatable bonds is 4. The van der Waals surface area contributed by atoms with Crippen molar-refractivity contribution >= 4 is 51.5 Å². The number of nitrogens with one attached hydrogen (secondary N) is 2. The average molecular weight is 457 g/mol. The van der Waals surface area contributed by atoms with Gasteiger partial charge in [-0.2, -0.15) is 0 Å². The monoisotopic (exact) mass is 456 g/mol. The Labute approximate surface area is 160 Å². The van der Waals surface area contributed by atoms with Crippen molar-refractivity contribution in [2.24, 2.45) is 0 Å². The second-order valence-electron chi connectivity index (χ2n) is 5.92. The van der Waals surface area contributed by atoms with Crippen molar-refractivity contribution in [2.75, 3.05) is 42.9 Å². The first-order valence-corrected chi connectivity index (χ1v) is 9.46. The van der Waals surface area contributed by atoms with E-state index < -0.39 is 0 Å². The van der Waals surface area contributed by atoms with E-state index in [1.54, 1.807) is 0 Å². The molecule has 4 nitrogen and oxygen atoms in total. The SMILES string of the molecule is O=C(C[NH+]1CCN(c2ccccc2Cl)CC1)Nc1ccc(I)cc1. The molecule has 0 bridgehead atoms. The first kappa shape index (κ1) is 17.5. The van der Waals surface area contributed by atoms with Gasteiger partial charge >= 0.3 is 0 Å². The van der Waals surface area contributed by atoms with Gasteiger partial charge in [-0.25, -0.2) is 0 Å². The van der Waals surface area contributed by atoms with Gasteiger partial charge < -0.3 is 15.1 Å². The van der Waals surface area contributed by atoms with Gasteiger partial charge in [0.15, 0.2) is 6.54 Å². The summed E-state index contributed by atoms with van der Waals surface area (Å²) in [6.07, 6.45) is 0. The van der Waals surface area contributed by atoms with Crippen LogP contribution < -0.4 is 15.1 Å². The third kappa shape index (κ3) is 4.62. The Bertz CT molecular complexity index is 700. The molecule has 1 aliphatic heterocycles. The van der Waals surface area contributed by atoms with Crippen LogP contribution in [0.3, 0.4) is 0 Å². The largest absolute Gasteiger partial charge is 0.359 e. The summed E-state index contributed by atoms with van der Waals surface area (Å²) in [6, 6.07) is 15.8. The lowest BCUT2D eigenvalue weighted by Gasteiger charge is -2.33. The maximum absolute atomic E-state index is 12.2. The zero-order chi connectivity index (χ0) is 16.9. The van der Waals surface area contributed by atoms with Crippen LogP contribution in [0.15, 0.2) is 48.5 Å². The van der Waals surface area contributed by atoms with E-state index in [1.165, 1.54) is 4.90 Å². The first-order valence-electron chi connectivity index (χ1n) is 8.00. The molecule has 0 aliphatic carbocycles. The molecular weight excluding hydrogens is 437 g/mol. The summed E-state index contributed by atoms with van der Waals surface area (Å²) in [5.41, 5.74) is 1.94. The van der Waals surface area contributed by atoms with Gasteiger partial charge in [0.2, 0.25) is 0 Å². The lowest BCUT2D eigenvalue weighted by Crippen LogP contribution is -3.15. The Morgan fingerprint density at radius 1 is 1.12 bits per heavy atom. The van der Waals surface area contributed by atoms with Gasteiger partial charge in [-0.05, 0) is 59.0 Å². The van der Waals surface area contributed by atoms with Crippen molar-refractivity contribution in [3.8, 4) is 0 Å². The van der Waals surface area contributed by atoms with Gasteiger partial charge in [0.1, 0.15) is 0 Å². The van der Waals surface area contributed by atoms with E-state index >= 15 is 0 Å². The van der Waals surface area contributed by atoms with Gasteiger partial charge in [0.25, 0.3) is 5.91 Å². The highest BCUT2D eigenvalue weighted by molar-refractivity contribution is 14.1. The number of quaternary nitrogens is 1. The highest BCUT2D eigenvalue weighted by atomic mass is 127. The van der Waals surface area contributed by atoms with Crippen molar-refractivity contribution in [2.45, 2.75) is 0 Å². The van der Waals surface area contributed by atoms with Crippen molar-refractivity contribution < 1.29 is 9.69 Å². The summed E-state index contributed by atoms with van der Waals surface area (Å²) >= 11 is 8.52. The van der Waals surface area contributed by atoms with E-state index in [1.807, 2.05) is 42.5 Å². The van der Waals surface area contributed by atoms with E-state index in [2.05, 4.69) is 38.9 Å². The summed E-state index contributed by atoms with van der Waals surface area (Å²) < 4.78 is 1.16. The number of hydrogen-bond donors (Lipinski definition) is 2. The molecule has 24 heavy (non-hydrogen) atoms. The summed E-state index contributed by atoms with van der Waals surface area (Å²) in [7, 11) is 0. The maximum atomic E-state index is 12.2. The molecule has 0 saturated carbocycles. The molecule has 126 valence electrons. The second kappa shape index (κ2) is 8.18. The summed E-state index contributed by atoms with van der Waals surface area (Å²) in [6.45, 7) is 4.20. The molecule has 0 spiro atoms. The predicted molar refractivity (Wildman–Crippen MR) is 107 cm³/mol. The standard InChI is InChI=1S/C18H19ClIN3O/c19-16-3-1-2-4-17(16)23-11-9-22(10-12-23)13-18(24)21-15-7-5-14(20)6-8-15/h1-8H,9-13H2,(H,21,24)/p+1. The van der Waals surface area contributed by atoms with Crippen LogP contribution in [0.5, 0.6) is 0 Å². The number of piperazine rings is 1. The van der Waals surface area contributed by atoms with Crippen molar-refractivity contribution in [3.63, 3.8) is 0 Å². The van der Waals surface area contributed by atoms with Gasteiger partial charge in [0, 0.05) is 9.26 Å². The van der Waals surface area contributed by atoms with Crippen LogP contribution in [0, 0.1) is 3.57 Å². The van der Waals surface area contributed by atoms with Crippen LogP contribution in [-0.2, 0) is 4.79 Å². The topological polar surface area (TPSA) is 36.8 Å². The minimum Gasteiger partial charge on any atom is -0.359 e. The summed E-state index contributed by atoms with van der Waals surface area (Å²) in [4.78, 5) is 15.8. The predicted octanol–water partition coefficient (Wildman–Crippen LogP) is 2.29. The highest BCUT2D eigenvalue weighted by Gasteiger charge is 2.23. The minimum atomic E-state index is 0.0670. The van der Waals surface area contributed by atoms with Crippen LogP contribution in [0.4, 0.5) is 11.4 Å². The number of amides is 1. The van der Waals surface area contributed by atoms with Crippen molar-refractivity contribution in [1.29, 1.82) is 0 Å². The number of para-hydroxylation sites is 1. The number of benzene rings is 2. The molecular formula is C18H20ClIN3O+. The molecule has 3 rings (SSSR count). The number of carbonyl (C=O) groups excluding carboxylic acids is 1. The Morgan fingerprint density at radius 2 is 1.79 bits per heavy atom. The molecule has 1 saturated heterocycles. The Hall–Kier alpha value is -1.31. The fraction of sp³-hybridized carbons (Fsp3) is 0.278. The van der Waals surface area contributed by atoms with Crippen LogP contribution >= 0.6 is 34.2 Å². The number of halogens is 2. The number of carbonyl (C=O) groups is 1. The summed E-state index contributed by atoms with van der Waals surface area (Å²) in [5.74, 6) is 0.0670. The lowest BCUT2D eigenvalue weighted by atomic mass is 10.2. The molecule has 2 aromatic rings. The normalized spacial score (nSPS) is 15.3. The van der Waals surface area contributed by atoms with Crippen molar-refractivity contribution in [1.82, 2.24) is 0 Å². The molecule has 0 atom stereocenters. The van der Waals surface area contributed by atoms with E-state index in [9.17, 15) is 4.79 Å². The molecule has 6 heteroatoms. The molecule has 0 radical (unpaired) electrons. The molecule has 2 N–H and O–H groups in total. The Kier molecular flexibility index (Phi) is 5.97. The molecule has 0 unspecified atom stereocenters. The van der Waals surface area contributed by atoms with Crippen LogP contribution in [0.2, 0.25) is 5.02 Å². The molecule has 0 aromatic heterocycles. The summed E-state index contributed by atoms with van der Waals surface area (Å²) in [5, 5.41) is 3.76. The maximum Gasteiger partial charge on any atom is 0.279 e. The number of anilines is 2. The zero-order valence-electron chi connectivity index (χ0n) is 13.3. The van der Waals surface area contributed by atoms with Gasteiger partial charge in [0.05, 0.1) is 36.9 Å². The first-order chi connectivity index (χ1) is 11.6. The fourth-order valence-electron chi connectivity index (χ4n) is 2.91. The number of nitrogens with zero attached hydrogens (tertiary/aromatic N) is 1. The molecule has 1 heterocycles. The quantitative estimate of drug-likeness (QED) is 0.693. The molecule has 1 aliphatic rings. The Balaban J connectivity index is 1.49. The fourth-order valence-corrected chi connectivity index (χ4v) is 3.53. The third-order valence-corrected chi connectivity index (χ3v) is 5.24. The van der Waals surface area contributed by atoms with Gasteiger partial charge in [-0.3, -0.25) is 4.79 Å². The minimum absolute atomic E-state index is 0.0670. The molecule has 1 fully saturated rings. The second-order valence-corrected chi connectivity index (χ2v) is 7.57. The third-order valence-electron chi connectivity index (χ3n) is 4.20. The highest BCUT2D eigenvalue weighted by Crippen LogP contribution is 2.24. The van der Waals surface area contributed by atoms with E-state index in [0.29, 0.717) is 6.54 Å². The van der Waals surface area contributed by atoms with Crippen LogP contribution in [0.25, 0.3) is 0 Å². The van der Waals surface area contributed by atoms with Gasteiger partial charge in [-0.15, -0.1) is 0 Å². The molecule has 1 amide bonds. The van der Waals surface area contributed by atoms with E-state index in [0.717, 1.165) is 46.1 Å². The van der Waals surface area contributed by atoms with E-state index in [4.69, 9.17) is 11.6 Å². The number of hydrogen-bond acceptors (Lipinski definition) is 2. The zero-order valence-corrected chi connectivity index (χ0v) is 16.2. The van der Waals surface area contributed by atoms with E-state index in [-0.39, 0.29) is 5.91 Å². The van der Waals surface area contributed by atoms with Gasteiger partial charge in [-0.1, -0.05) is 23.7 Å². The molecule has 2 aromatic carbocycles. The average Bonchev–Trinajstić information content (AvgIpc) is 2.58. The van der Waals surface area contributed by atoms with Crippen LogP contribution in [-0.4, -0.2) is 38.6 Å². The van der Waals surface area contributed by atoms with Crippen molar-refractivity contribution in [3.05, 3.63) is 57.1 Å². The lowest BCUT2D eigenvalue weighted by molar-refractivity contribution is -0.892.